The van der Waals surface area contributed by atoms with Crippen LogP contribution in [0, 0.1) is 25.0 Å². The van der Waals surface area contributed by atoms with Gasteiger partial charge < -0.3 is 9.55 Å². The molecule has 7 aromatic carbocycles. The third-order valence-electron chi connectivity index (χ3n) is 12.8. The van der Waals surface area contributed by atoms with E-state index in [0.29, 0.717) is 17.8 Å². The fourth-order valence-corrected chi connectivity index (χ4v) is 12.3. The van der Waals surface area contributed by atoms with Crippen LogP contribution in [-0.2, 0) is 26.5 Å². The Kier molecular flexibility index (Phi) is 14.6. The minimum Gasteiger partial charge on any atom is -0.333 e. The number of aryl methyl sites for hydroxylation is 1. The molecule has 10 aromatic rings. The van der Waals surface area contributed by atoms with Gasteiger partial charge >= 0.3 is 0 Å². The second kappa shape index (κ2) is 20.5. The quantitative estimate of drug-likeness (QED) is 0.101. The molecule has 0 spiro atoms. The summed E-state index contributed by atoms with van der Waals surface area (Å²) >= 11 is 1.86. The van der Waals surface area contributed by atoms with Gasteiger partial charge in [-0.15, -0.1) is 53.6 Å². The van der Waals surface area contributed by atoms with E-state index in [1.807, 2.05) is 23.5 Å². The third kappa shape index (κ3) is 9.89. The average molecular weight is 1100 g/mol. The SMILES string of the molecule is CC(C)Cc1cc(-c2[c-]ccc(-c3ccccc3)c2)ncc1[Si](C)(C)C.Cc1cccc2c1sc1c(-c3nc4ccccc4n3-c3c(C(C)C)cc(-c4ccccc4)cc3C(C)C)[c-]ccc12.[Ir]. The maximum absolute atomic E-state index is 5.32. The van der Waals surface area contributed by atoms with Crippen molar-refractivity contribution in [1.29, 1.82) is 0 Å². The fraction of sp³-hybridized carbons (Fsp3) is 0.226. The van der Waals surface area contributed by atoms with Gasteiger partial charge in [-0.25, -0.2) is 0 Å². The fourth-order valence-electron chi connectivity index (χ4n) is 9.46. The molecule has 345 valence electrons. The molecule has 6 heteroatoms. The minimum atomic E-state index is -1.40. The standard InChI is InChI=1S/C38H33N2S.C24H28NSi.Ir/c1-23(2)31-21-27(26-14-7-6-8-15-26)22-32(24(3)4)35(31)40-34-20-10-9-19-33(34)39-38(40)30-18-12-17-29-28-16-11-13-25(5)36(28)41-37(29)30;1-18(2)14-22-16-23(25-17-24(22)26(3,4)5)21-13-9-12-20(15-21)19-10-7-6-8-11-19;/h6-17,19-24H,1-5H3;6-12,15-18H,14H2,1-5H3;/q2*-1;. The second-order valence-electron chi connectivity index (χ2n) is 20.0. The molecule has 3 nitrogen and oxygen atoms in total. The van der Waals surface area contributed by atoms with Gasteiger partial charge in [-0.05, 0) is 110 Å². The van der Waals surface area contributed by atoms with Crippen molar-refractivity contribution in [3.63, 3.8) is 0 Å². The Balaban J connectivity index is 0.000000201. The Hall–Kier alpha value is -5.75. The van der Waals surface area contributed by atoms with Gasteiger partial charge in [-0.3, -0.25) is 4.98 Å². The molecule has 68 heavy (non-hydrogen) atoms. The number of aromatic nitrogens is 3. The number of rotatable bonds is 10. The Labute approximate surface area is 422 Å². The molecule has 3 aromatic heterocycles. The number of nitrogens with zero attached hydrogens (tertiary/aromatic N) is 3. The summed E-state index contributed by atoms with van der Waals surface area (Å²) < 4.78 is 5.01. The third-order valence-corrected chi connectivity index (χ3v) is 16.2. The summed E-state index contributed by atoms with van der Waals surface area (Å²) in [5, 5.41) is 4.06. The van der Waals surface area contributed by atoms with E-state index < -0.39 is 8.07 Å². The van der Waals surface area contributed by atoms with E-state index in [1.54, 1.807) is 0 Å². The number of para-hydroxylation sites is 2. The largest absolute Gasteiger partial charge is 0.333 e. The molecule has 0 unspecified atom stereocenters. The Morgan fingerprint density at radius 2 is 1.24 bits per heavy atom. The van der Waals surface area contributed by atoms with E-state index in [1.165, 1.54) is 75.6 Å². The first-order valence-electron chi connectivity index (χ1n) is 23.9. The monoisotopic (exact) mass is 1100 g/mol. The van der Waals surface area contributed by atoms with Crippen LogP contribution >= 0.6 is 11.3 Å². The van der Waals surface area contributed by atoms with Crippen LogP contribution in [-0.4, -0.2) is 22.6 Å². The van der Waals surface area contributed by atoms with Crippen molar-refractivity contribution in [2.75, 3.05) is 0 Å². The van der Waals surface area contributed by atoms with Gasteiger partial charge in [0.1, 0.15) is 0 Å². The number of fused-ring (bicyclic) bond motifs is 4. The van der Waals surface area contributed by atoms with Crippen LogP contribution < -0.4 is 5.19 Å². The summed E-state index contributed by atoms with van der Waals surface area (Å²) in [5.41, 5.74) is 16.9. The second-order valence-corrected chi connectivity index (χ2v) is 26.1. The van der Waals surface area contributed by atoms with Crippen molar-refractivity contribution in [2.45, 2.75) is 86.4 Å². The van der Waals surface area contributed by atoms with E-state index in [9.17, 15) is 0 Å². The van der Waals surface area contributed by atoms with E-state index in [0.717, 1.165) is 40.1 Å². The number of hydrogen-bond acceptors (Lipinski definition) is 3. The zero-order valence-electron chi connectivity index (χ0n) is 41.0. The van der Waals surface area contributed by atoms with Crippen LogP contribution in [0.2, 0.25) is 19.6 Å². The van der Waals surface area contributed by atoms with Gasteiger partial charge in [-0.2, -0.15) is 11.3 Å². The van der Waals surface area contributed by atoms with E-state index >= 15 is 0 Å². The Morgan fingerprint density at radius 3 is 1.88 bits per heavy atom. The molecule has 0 aliphatic heterocycles. The van der Waals surface area contributed by atoms with Gasteiger partial charge in [0.05, 0.1) is 24.9 Å². The molecule has 0 amide bonds. The summed E-state index contributed by atoms with van der Waals surface area (Å²) in [4.78, 5) is 10.1. The summed E-state index contributed by atoms with van der Waals surface area (Å²) in [6.07, 6.45) is 3.23. The van der Waals surface area contributed by atoms with Gasteiger partial charge in [0.2, 0.25) is 0 Å². The minimum absolute atomic E-state index is 0. The molecule has 0 saturated heterocycles. The number of imidazole rings is 1. The zero-order chi connectivity index (χ0) is 47.0. The molecular weight excluding hydrogens is 1040 g/mol. The van der Waals surface area contributed by atoms with Crippen LogP contribution in [0.25, 0.3) is 81.8 Å². The first-order valence-corrected chi connectivity index (χ1v) is 28.2. The molecule has 0 aliphatic carbocycles. The van der Waals surface area contributed by atoms with Crippen molar-refractivity contribution in [1.82, 2.24) is 14.5 Å². The molecule has 0 N–H and O–H groups in total. The zero-order valence-corrected chi connectivity index (χ0v) is 45.2. The number of benzene rings is 7. The van der Waals surface area contributed by atoms with Gasteiger partial charge in [0, 0.05) is 36.7 Å². The van der Waals surface area contributed by atoms with E-state index in [2.05, 4.69) is 231 Å². The van der Waals surface area contributed by atoms with Crippen LogP contribution in [0.3, 0.4) is 0 Å². The number of hydrogen-bond donors (Lipinski definition) is 0. The number of pyridine rings is 1. The predicted octanol–water partition coefficient (Wildman–Crippen LogP) is 17.0. The maximum atomic E-state index is 5.32. The normalized spacial score (nSPS) is 11.7. The maximum Gasteiger partial charge on any atom is 0.0798 e. The first-order chi connectivity index (χ1) is 32.3. The van der Waals surface area contributed by atoms with Crippen LogP contribution in [0.1, 0.15) is 75.6 Å². The molecule has 0 bridgehead atoms. The van der Waals surface area contributed by atoms with Crippen LogP contribution in [0.4, 0.5) is 0 Å². The first kappa shape index (κ1) is 48.7. The molecule has 1 radical (unpaired) electrons. The summed E-state index contributed by atoms with van der Waals surface area (Å²) in [5.74, 6) is 2.25. The van der Waals surface area contributed by atoms with Crippen LogP contribution in [0.15, 0.2) is 158 Å². The van der Waals surface area contributed by atoms with Crippen LogP contribution in [0.5, 0.6) is 0 Å². The van der Waals surface area contributed by atoms with Gasteiger partial charge in [-0.1, -0.05) is 175 Å². The van der Waals surface area contributed by atoms with Crippen molar-refractivity contribution in [3.05, 3.63) is 192 Å². The predicted molar refractivity (Wildman–Crippen MR) is 292 cm³/mol. The Bertz CT molecular complexity index is 3330. The molecule has 0 aliphatic rings. The van der Waals surface area contributed by atoms with Gasteiger partial charge in [0.15, 0.2) is 0 Å². The van der Waals surface area contributed by atoms with Gasteiger partial charge in [0.25, 0.3) is 0 Å². The molecule has 0 saturated carbocycles. The van der Waals surface area contributed by atoms with Crippen molar-refractivity contribution in [2.24, 2.45) is 5.92 Å². The van der Waals surface area contributed by atoms with Crippen molar-refractivity contribution < 1.29 is 20.1 Å². The molecule has 0 fully saturated rings. The molecule has 3 heterocycles. The summed E-state index contributed by atoms with van der Waals surface area (Å²) in [6.45, 7) is 23.2. The molecule has 0 atom stereocenters. The van der Waals surface area contributed by atoms with E-state index in [-0.39, 0.29) is 20.1 Å². The van der Waals surface area contributed by atoms with Crippen molar-refractivity contribution >= 4 is 55.8 Å². The molecular formula is C62H61IrN3SSi-2. The summed E-state index contributed by atoms with van der Waals surface area (Å²) in [7, 11) is -1.40. The summed E-state index contributed by atoms with van der Waals surface area (Å²) in [6, 6.07) is 61.1. The van der Waals surface area contributed by atoms with E-state index in [4.69, 9.17) is 9.97 Å². The smallest absolute Gasteiger partial charge is 0.0798 e. The van der Waals surface area contributed by atoms with Crippen molar-refractivity contribution in [3.8, 4) is 50.6 Å². The average Bonchev–Trinajstić information content (AvgIpc) is 3.91. The Morgan fingerprint density at radius 1 is 0.618 bits per heavy atom. The topological polar surface area (TPSA) is 30.7 Å². The number of thiophene rings is 1. The molecule has 10 rings (SSSR count).